The largest absolute Gasteiger partial charge is 0.464 e. The molecule has 1 aromatic heterocycles. The molecule has 0 bridgehead atoms. The van der Waals surface area contributed by atoms with E-state index in [0.717, 1.165) is 0 Å². The first-order valence-electron chi connectivity index (χ1n) is 3.48. The third-order valence-electron chi connectivity index (χ3n) is 1.19. The van der Waals surface area contributed by atoms with Crippen LogP contribution in [0.25, 0.3) is 0 Å². The van der Waals surface area contributed by atoms with Crippen LogP contribution in [0, 0.1) is 0 Å². The summed E-state index contributed by atoms with van der Waals surface area (Å²) in [5, 5.41) is 0. The van der Waals surface area contributed by atoms with Gasteiger partial charge in [-0.25, -0.2) is 9.97 Å². The fraction of sp³-hybridized carbons (Fsp3) is 0.286. The summed E-state index contributed by atoms with van der Waals surface area (Å²) in [5.41, 5.74) is 6.00. The number of thiocarbonyl (C=S) groups is 1. The number of aromatic nitrogens is 2. The molecule has 1 rings (SSSR count). The van der Waals surface area contributed by atoms with Crippen LogP contribution < -0.4 is 10.5 Å². The first-order valence-corrected chi connectivity index (χ1v) is 3.89. The van der Waals surface area contributed by atoms with Gasteiger partial charge in [-0.1, -0.05) is 12.2 Å². The molecule has 0 aliphatic rings. The molecule has 0 unspecified atom stereocenters. The van der Waals surface area contributed by atoms with E-state index in [-0.39, 0.29) is 4.99 Å². The molecule has 0 aromatic carbocycles. The van der Waals surface area contributed by atoms with Gasteiger partial charge in [0.2, 0.25) is 0 Å². The van der Waals surface area contributed by atoms with E-state index in [2.05, 4.69) is 9.97 Å². The van der Waals surface area contributed by atoms with Crippen molar-refractivity contribution in [2.45, 2.75) is 6.92 Å². The van der Waals surface area contributed by atoms with Gasteiger partial charge in [0.25, 0.3) is 0 Å². The number of nitrogens with zero attached hydrogens (tertiary/aromatic N) is 2. The second-order valence-electron chi connectivity index (χ2n) is 2.05. The molecular formula is C7H9N3OS. The molecule has 2 N–H and O–H groups in total. The van der Waals surface area contributed by atoms with E-state index in [0.29, 0.717) is 18.2 Å². The first-order chi connectivity index (χ1) is 5.74. The molecule has 0 atom stereocenters. The third kappa shape index (κ3) is 2.13. The average molecular weight is 183 g/mol. The molecule has 4 nitrogen and oxygen atoms in total. The molecule has 0 aliphatic heterocycles. The number of ether oxygens (including phenoxy) is 1. The van der Waals surface area contributed by atoms with E-state index in [4.69, 9.17) is 22.7 Å². The second kappa shape index (κ2) is 3.96. The summed E-state index contributed by atoms with van der Waals surface area (Å²) in [4.78, 5) is 8.07. The highest BCUT2D eigenvalue weighted by molar-refractivity contribution is 7.80. The van der Waals surface area contributed by atoms with Crippen LogP contribution in [0.1, 0.15) is 12.5 Å². The maximum Gasteiger partial charge on any atom is 0.316 e. The molecule has 64 valence electrons. The summed E-state index contributed by atoms with van der Waals surface area (Å²) in [6.07, 6.45) is 3.08. The van der Waals surface area contributed by atoms with Gasteiger partial charge >= 0.3 is 6.01 Å². The first kappa shape index (κ1) is 8.86. The van der Waals surface area contributed by atoms with Crippen molar-refractivity contribution in [1.82, 2.24) is 9.97 Å². The van der Waals surface area contributed by atoms with Gasteiger partial charge in [-0.2, -0.15) is 0 Å². The van der Waals surface area contributed by atoms with Gasteiger partial charge in [0.05, 0.1) is 6.61 Å². The molecule has 0 saturated carbocycles. The highest BCUT2D eigenvalue weighted by Gasteiger charge is 1.98. The molecule has 0 radical (unpaired) electrons. The predicted molar refractivity (Wildman–Crippen MR) is 49.1 cm³/mol. The molecular weight excluding hydrogens is 174 g/mol. The van der Waals surface area contributed by atoms with Crippen LogP contribution >= 0.6 is 12.2 Å². The molecule has 0 saturated heterocycles. The van der Waals surface area contributed by atoms with E-state index in [9.17, 15) is 0 Å². The van der Waals surface area contributed by atoms with Crippen LogP contribution in [0.4, 0.5) is 0 Å². The molecule has 0 spiro atoms. The smallest absolute Gasteiger partial charge is 0.316 e. The Morgan fingerprint density at radius 2 is 2.17 bits per heavy atom. The Balaban J connectivity index is 2.78. The lowest BCUT2D eigenvalue weighted by molar-refractivity contribution is 0.312. The minimum atomic E-state index is 0.290. The van der Waals surface area contributed by atoms with E-state index >= 15 is 0 Å². The second-order valence-corrected chi connectivity index (χ2v) is 2.49. The zero-order chi connectivity index (χ0) is 8.97. The van der Waals surface area contributed by atoms with Crippen LogP contribution in [0.15, 0.2) is 12.4 Å². The maximum absolute atomic E-state index is 5.35. The van der Waals surface area contributed by atoms with Gasteiger partial charge in [-0.05, 0) is 6.92 Å². The SMILES string of the molecule is CCOc1ncc(C(N)=S)cn1. The lowest BCUT2D eigenvalue weighted by Crippen LogP contribution is -2.10. The topological polar surface area (TPSA) is 61.0 Å². The van der Waals surface area contributed by atoms with Gasteiger partial charge in [-0.15, -0.1) is 0 Å². The maximum atomic E-state index is 5.35. The Hall–Kier alpha value is -1.23. The summed E-state index contributed by atoms with van der Waals surface area (Å²) in [6, 6.07) is 0.345. The van der Waals surface area contributed by atoms with Crippen molar-refractivity contribution in [2.75, 3.05) is 6.61 Å². The Labute approximate surface area is 75.8 Å². The van der Waals surface area contributed by atoms with Crippen molar-refractivity contribution in [1.29, 1.82) is 0 Å². The Kier molecular flexibility index (Phi) is 2.93. The van der Waals surface area contributed by atoms with Crippen LogP contribution in [-0.4, -0.2) is 21.6 Å². The summed E-state index contributed by atoms with van der Waals surface area (Å²) in [7, 11) is 0. The van der Waals surface area contributed by atoms with E-state index in [1.165, 1.54) is 0 Å². The normalized spacial score (nSPS) is 9.42. The summed E-state index contributed by atoms with van der Waals surface area (Å²) >= 11 is 4.73. The Bertz CT molecular complexity index is 272. The number of hydrogen-bond acceptors (Lipinski definition) is 4. The molecule has 5 heteroatoms. The van der Waals surface area contributed by atoms with Crippen LogP contribution in [0.5, 0.6) is 6.01 Å². The number of rotatable bonds is 3. The summed E-state index contributed by atoms with van der Waals surface area (Å²) in [6.45, 7) is 2.41. The monoisotopic (exact) mass is 183 g/mol. The fourth-order valence-corrected chi connectivity index (χ4v) is 0.752. The van der Waals surface area contributed by atoms with Crippen molar-refractivity contribution in [3.05, 3.63) is 18.0 Å². The Morgan fingerprint density at radius 1 is 1.58 bits per heavy atom. The highest BCUT2D eigenvalue weighted by atomic mass is 32.1. The lowest BCUT2D eigenvalue weighted by atomic mass is 10.3. The molecule has 0 aliphatic carbocycles. The van der Waals surface area contributed by atoms with Crippen LogP contribution in [0.3, 0.4) is 0 Å². The standard InChI is InChI=1S/C7H9N3OS/c1-2-11-7-9-3-5(4-10-7)6(8)12/h3-4H,2H2,1H3,(H2,8,12). The number of nitrogens with two attached hydrogens (primary N) is 1. The number of hydrogen-bond donors (Lipinski definition) is 1. The van der Waals surface area contributed by atoms with E-state index in [1.54, 1.807) is 12.4 Å². The highest BCUT2D eigenvalue weighted by Crippen LogP contribution is 2.01. The molecule has 12 heavy (non-hydrogen) atoms. The quantitative estimate of drug-likeness (QED) is 0.692. The molecule has 0 amide bonds. The van der Waals surface area contributed by atoms with E-state index in [1.807, 2.05) is 6.92 Å². The van der Waals surface area contributed by atoms with Gasteiger partial charge in [-0.3, -0.25) is 0 Å². The lowest BCUT2D eigenvalue weighted by Gasteiger charge is -2.00. The van der Waals surface area contributed by atoms with Crippen molar-refractivity contribution in [2.24, 2.45) is 5.73 Å². The van der Waals surface area contributed by atoms with Gasteiger partial charge in [0.15, 0.2) is 0 Å². The van der Waals surface area contributed by atoms with Gasteiger partial charge < -0.3 is 10.5 Å². The van der Waals surface area contributed by atoms with Gasteiger partial charge in [0.1, 0.15) is 4.99 Å². The van der Waals surface area contributed by atoms with Crippen molar-refractivity contribution in [3.8, 4) is 6.01 Å². The summed E-state index contributed by atoms with van der Waals surface area (Å²) < 4.78 is 5.03. The summed E-state index contributed by atoms with van der Waals surface area (Å²) in [5.74, 6) is 0. The van der Waals surface area contributed by atoms with Crippen molar-refractivity contribution >= 4 is 17.2 Å². The minimum absolute atomic E-state index is 0.290. The van der Waals surface area contributed by atoms with Crippen LogP contribution in [0.2, 0.25) is 0 Å². The predicted octanol–water partition coefficient (Wildman–Crippen LogP) is 0.509. The van der Waals surface area contributed by atoms with Crippen LogP contribution in [-0.2, 0) is 0 Å². The zero-order valence-electron chi connectivity index (χ0n) is 6.65. The van der Waals surface area contributed by atoms with Crippen molar-refractivity contribution in [3.63, 3.8) is 0 Å². The molecule has 0 fully saturated rings. The van der Waals surface area contributed by atoms with Gasteiger partial charge in [0, 0.05) is 18.0 Å². The fourth-order valence-electron chi connectivity index (χ4n) is 0.647. The van der Waals surface area contributed by atoms with Crippen molar-refractivity contribution < 1.29 is 4.74 Å². The zero-order valence-corrected chi connectivity index (χ0v) is 7.47. The molecule has 1 aromatic rings. The average Bonchev–Trinajstić information content (AvgIpc) is 2.06. The third-order valence-corrected chi connectivity index (χ3v) is 1.42. The minimum Gasteiger partial charge on any atom is -0.464 e. The van der Waals surface area contributed by atoms with E-state index < -0.39 is 0 Å². The molecule has 1 heterocycles. The Morgan fingerprint density at radius 3 is 2.58 bits per heavy atom.